The van der Waals surface area contributed by atoms with E-state index in [0.717, 1.165) is 6.61 Å². The molecule has 0 aliphatic carbocycles. The van der Waals surface area contributed by atoms with Crippen LogP contribution < -0.4 is 0 Å². The monoisotopic (exact) mass is 252 g/mol. The van der Waals surface area contributed by atoms with Gasteiger partial charge in [-0.15, -0.1) is 23.5 Å². The molecule has 2 heterocycles. The average Bonchev–Trinajstić information content (AvgIpc) is 3.15. The molecule has 0 unspecified atom stereocenters. The Labute approximate surface area is 105 Å². The van der Waals surface area contributed by atoms with Gasteiger partial charge < -0.3 is 4.74 Å². The highest BCUT2D eigenvalue weighted by Crippen LogP contribution is 2.54. The number of hydrogen-bond acceptors (Lipinski definition) is 3. The van der Waals surface area contributed by atoms with Crippen molar-refractivity contribution in [1.82, 2.24) is 0 Å². The van der Waals surface area contributed by atoms with Crippen molar-refractivity contribution in [3.63, 3.8) is 0 Å². The first-order chi connectivity index (χ1) is 7.89. The summed E-state index contributed by atoms with van der Waals surface area (Å²) < 4.78 is 5.70. The highest BCUT2D eigenvalue weighted by atomic mass is 32.2. The van der Waals surface area contributed by atoms with Crippen LogP contribution in [0.2, 0.25) is 0 Å². The average molecular weight is 252 g/mol. The van der Waals surface area contributed by atoms with Crippen LogP contribution in [0.15, 0.2) is 30.3 Å². The summed E-state index contributed by atoms with van der Waals surface area (Å²) in [4.78, 5) is 0. The van der Waals surface area contributed by atoms with E-state index in [1.807, 2.05) is 0 Å². The molecule has 2 aliphatic heterocycles. The van der Waals surface area contributed by atoms with Crippen LogP contribution in [0.3, 0.4) is 0 Å². The smallest absolute Gasteiger partial charge is 0.0885 e. The van der Waals surface area contributed by atoms with Gasteiger partial charge in [-0.05, 0) is 23.5 Å². The molecule has 0 amide bonds. The second kappa shape index (κ2) is 4.63. The van der Waals surface area contributed by atoms with Gasteiger partial charge in [-0.25, -0.2) is 0 Å². The van der Waals surface area contributed by atoms with E-state index in [2.05, 4.69) is 53.9 Å². The lowest BCUT2D eigenvalue weighted by molar-refractivity contribution is 0.391. The summed E-state index contributed by atoms with van der Waals surface area (Å²) in [6.07, 6.45) is 3.03. The Morgan fingerprint density at radius 1 is 1.19 bits per heavy atom. The summed E-state index contributed by atoms with van der Waals surface area (Å²) in [5.74, 6) is 2.57. The zero-order valence-corrected chi connectivity index (χ0v) is 10.9. The van der Waals surface area contributed by atoms with Gasteiger partial charge in [0.25, 0.3) is 0 Å². The molecule has 2 aliphatic rings. The molecular weight excluding hydrogens is 236 g/mol. The summed E-state index contributed by atoms with van der Waals surface area (Å²) in [5.41, 5.74) is 1.47. The van der Waals surface area contributed by atoms with Crippen LogP contribution in [0.4, 0.5) is 0 Å². The Kier molecular flexibility index (Phi) is 3.18. The van der Waals surface area contributed by atoms with Crippen LogP contribution in [0.1, 0.15) is 18.4 Å². The molecule has 1 atom stereocenters. The van der Waals surface area contributed by atoms with Gasteiger partial charge in [0.05, 0.1) is 16.8 Å². The quantitative estimate of drug-likeness (QED) is 0.764. The zero-order valence-electron chi connectivity index (χ0n) is 9.22. The van der Waals surface area contributed by atoms with E-state index in [1.165, 1.54) is 29.9 Å². The SMILES string of the molecule is c1ccc(C2(C[C@H]3CO3)SCCCS2)cc1. The largest absolute Gasteiger partial charge is 0.373 e. The molecule has 0 radical (unpaired) electrons. The van der Waals surface area contributed by atoms with Crippen molar-refractivity contribution in [3.8, 4) is 0 Å². The van der Waals surface area contributed by atoms with Crippen molar-refractivity contribution in [2.24, 2.45) is 0 Å². The fourth-order valence-corrected chi connectivity index (χ4v) is 5.62. The molecule has 86 valence electrons. The van der Waals surface area contributed by atoms with Crippen molar-refractivity contribution in [3.05, 3.63) is 35.9 Å². The first kappa shape index (κ1) is 11.0. The van der Waals surface area contributed by atoms with Crippen molar-refractivity contribution in [1.29, 1.82) is 0 Å². The van der Waals surface area contributed by atoms with E-state index in [4.69, 9.17) is 4.74 Å². The van der Waals surface area contributed by atoms with E-state index in [1.54, 1.807) is 0 Å². The predicted molar refractivity (Wildman–Crippen MR) is 72.0 cm³/mol. The van der Waals surface area contributed by atoms with Crippen LogP contribution in [0.25, 0.3) is 0 Å². The number of ether oxygens (including phenoxy) is 1. The van der Waals surface area contributed by atoms with Gasteiger partial charge in [0.1, 0.15) is 0 Å². The normalized spacial score (nSPS) is 27.6. The molecule has 3 heteroatoms. The van der Waals surface area contributed by atoms with Gasteiger partial charge >= 0.3 is 0 Å². The predicted octanol–water partition coefficient (Wildman–Crippen LogP) is 3.50. The fraction of sp³-hybridized carbons (Fsp3) is 0.538. The Hall–Kier alpha value is -0.120. The van der Waals surface area contributed by atoms with Crippen LogP contribution >= 0.6 is 23.5 Å². The highest BCUT2D eigenvalue weighted by molar-refractivity contribution is 8.18. The lowest BCUT2D eigenvalue weighted by Crippen LogP contribution is -2.24. The maximum absolute atomic E-state index is 5.43. The standard InChI is InChI=1S/C13H16OS2/c1-2-5-11(6-3-1)13(9-12-10-14-12)15-7-4-8-16-13/h1-3,5-6,12H,4,7-10H2/t12-/m0/s1. The van der Waals surface area contributed by atoms with Crippen molar-refractivity contribution in [2.45, 2.75) is 23.0 Å². The first-order valence-corrected chi connectivity index (χ1v) is 7.81. The van der Waals surface area contributed by atoms with E-state index in [-0.39, 0.29) is 4.08 Å². The third-order valence-corrected chi connectivity index (χ3v) is 6.50. The topological polar surface area (TPSA) is 12.5 Å². The molecule has 0 N–H and O–H groups in total. The minimum absolute atomic E-state index is 0.265. The third-order valence-electron chi connectivity index (χ3n) is 3.07. The molecule has 3 rings (SSSR count). The summed E-state index contributed by atoms with van der Waals surface area (Å²) in [5, 5.41) is 0. The Morgan fingerprint density at radius 3 is 2.50 bits per heavy atom. The second-order valence-corrected chi connectivity index (χ2v) is 7.37. The van der Waals surface area contributed by atoms with E-state index < -0.39 is 0 Å². The van der Waals surface area contributed by atoms with Gasteiger partial charge in [0.2, 0.25) is 0 Å². The van der Waals surface area contributed by atoms with Gasteiger partial charge in [-0.3, -0.25) is 0 Å². The molecule has 0 spiro atoms. The maximum Gasteiger partial charge on any atom is 0.0885 e. The summed E-state index contributed by atoms with van der Waals surface area (Å²) in [6, 6.07) is 10.9. The van der Waals surface area contributed by atoms with Crippen LogP contribution in [-0.2, 0) is 8.82 Å². The summed E-state index contributed by atoms with van der Waals surface area (Å²) in [7, 11) is 0. The van der Waals surface area contributed by atoms with Crippen molar-refractivity contribution < 1.29 is 4.74 Å². The number of benzene rings is 1. The van der Waals surface area contributed by atoms with Crippen LogP contribution in [0.5, 0.6) is 0 Å². The van der Waals surface area contributed by atoms with Crippen molar-refractivity contribution >= 4 is 23.5 Å². The summed E-state index contributed by atoms with van der Waals surface area (Å²) in [6.45, 7) is 0.968. The fourth-order valence-electron chi connectivity index (χ4n) is 2.15. The van der Waals surface area contributed by atoms with E-state index in [9.17, 15) is 0 Å². The lowest BCUT2D eigenvalue weighted by atomic mass is 10.1. The maximum atomic E-state index is 5.43. The lowest BCUT2D eigenvalue weighted by Gasteiger charge is -2.36. The molecule has 2 saturated heterocycles. The third kappa shape index (κ3) is 2.27. The highest BCUT2D eigenvalue weighted by Gasteiger charge is 2.41. The summed E-state index contributed by atoms with van der Waals surface area (Å²) >= 11 is 4.23. The minimum Gasteiger partial charge on any atom is -0.373 e. The zero-order chi connectivity index (χ0) is 10.8. The first-order valence-electron chi connectivity index (χ1n) is 5.84. The molecule has 1 aromatic rings. The van der Waals surface area contributed by atoms with Crippen LogP contribution in [0, 0.1) is 0 Å². The molecule has 1 aromatic carbocycles. The molecule has 16 heavy (non-hydrogen) atoms. The van der Waals surface area contributed by atoms with E-state index >= 15 is 0 Å². The van der Waals surface area contributed by atoms with Gasteiger partial charge in [0.15, 0.2) is 0 Å². The van der Waals surface area contributed by atoms with Crippen molar-refractivity contribution in [2.75, 3.05) is 18.1 Å². The Morgan fingerprint density at radius 2 is 1.88 bits per heavy atom. The molecule has 0 aromatic heterocycles. The Balaban J connectivity index is 1.87. The molecule has 0 saturated carbocycles. The number of thioether (sulfide) groups is 2. The number of rotatable bonds is 3. The van der Waals surface area contributed by atoms with E-state index in [0.29, 0.717) is 6.10 Å². The second-order valence-electron chi connectivity index (χ2n) is 4.33. The van der Waals surface area contributed by atoms with Gasteiger partial charge in [-0.1, -0.05) is 30.3 Å². The number of hydrogen-bond donors (Lipinski definition) is 0. The minimum atomic E-state index is 0.265. The molecular formula is C13H16OS2. The van der Waals surface area contributed by atoms with Crippen LogP contribution in [-0.4, -0.2) is 24.2 Å². The molecule has 1 nitrogen and oxygen atoms in total. The molecule has 2 fully saturated rings. The van der Waals surface area contributed by atoms with Gasteiger partial charge in [0, 0.05) is 6.42 Å². The molecule has 0 bridgehead atoms. The van der Waals surface area contributed by atoms with Gasteiger partial charge in [-0.2, -0.15) is 0 Å². The Bertz CT molecular complexity index is 342. The number of epoxide rings is 1.